The van der Waals surface area contributed by atoms with Crippen LogP contribution in [0.4, 0.5) is 11.5 Å². The van der Waals surface area contributed by atoms with Crippen molar-refractivity contribution in [1.82, 2.24) is 9.88 Å². The summed E-state index contributed by atoms with van der Waals surface area (Å²) in [5.41, 5.74) is 6.60. The molecule has 5 nitrogen and oxygen atoms in total. The number of anilines is 2. The Bertz CT molecular complexity index is 375. The van der Waals surface area contributed by atoms with Crippen molar-refractivity contribution in [2.45, 2.75) is 20.8 Å². The highest BCUT2D eigenvalue weighted by Gasteiger charge is 2.18. The standard InChI is InChI=1S/C11H16N4O.C2H6.H2/c1-9(16)14-4-6-15(7-5-14)10-2-3-11(12)13-8-10;1-2;/h2-3,8H,4-7H2,1H3,(H2,12,13);1-2H3;1H. The molecule has 2 rings (SSSR count). The van der Waals surface area contributed by atoms with Gasteiger partial charge in [0, 0.05) is 34.5 Å². The summed E-state index contributed by atoms with van der Waals surface area (Å²) in [6.45, 7) is 8.87. The van der Waals surface area contributed by atoms with E-state index in [-0.39, 0.29) is 7.33 Å². The summed E-state index contributed by atoms with van der Waals surface area (Å²) in [5, 5.41) is 0. The first kappa shape index (κ1) is 14.3. The summed E-state index contributed by atoms with van der Waals surface area (Å²) in [6, 6.07) is 3.76. The van der Waals surface area contributed by atoms with Gasteiger partial charge in [-0.05, 0) is 12.1 Å². The van der Waals surface area contributed by atoms with Crippen LogP contribution < -0.4 is 10.6 Å². The lowest BCUT2D eigenvalue weighted by molar-refractivity contribution is -0.129. The van der Waals surface area contributed by atoms with Crippen molar-refractivity contribution in [2.24, 2.45) is 0 Å². The third-order valence-electron chi connectivity index (χ3n) is 2.86. The van der Waals surface area contributed by atoms with Crippen molar-refractivity contribution in [3.05, 3.63) is 18.3 Å². The minimum Gasteiger partial charge on any atom is -0.384 e. The van der Waals surface area contributed by atoms with E-state index in [1.807, 2.05) is 24.8 Å². The highest BCUT2D eigenvalue weighted by atomic mass is 16.2. The fraction of sp³-hybridized carbons (Fsp3) is 0.538. The molecule has 1 aromatic rings. The lowest BCUT2D eigenvalue weighted by Crippen LogP contribution is -2.48. The second kappa shape index (κ2) is 6.83. The quantitative estimate of drug-likeness (QED) is 0.824. The van der Waals surface area contributed by atoms with Gasteiger partial charge in [0.05, 0.1) is 11.9 Å². The maximum absolute atomic E-state index is 11.2. The molecule has 1 amide bonds. The molecule has 0 unspecified atom stereocenters. The van der Waals surface area contributed by atoms with Crippen LogP contribution in [0.3, 0.4) is 0 Å². The maximum Gasteiger partial charge on any atom is 0.219 e. The molecule has 18 heavy (non-hydrogen) atoms. The molecule has 102 valence electrons. The topological polar surface area (TPSA) is 62.5 Å². The number of aromatic nitrogens is 1. The molecule has 1 aliphatic rings. The van der Waals surface area contributed by atoms with E-state index >= 15 is 0 Å². The Morgan fingerprint density at radius 2 is 1.89 bits per heavy atom. The Balaban J connectivity index is 0.00000103. The Morgan fingerprint density at radius 3 is 2.33 bits per heavy atom. The monoisotopic (exact) mass is 252 g/mol. The van der Waals surface area contributed by atoms with E-state index in [1.54, 1.807) is 19.2 Å². The van der Waals surface area contributed by atoms with Crippen molar-refractivity contribution in [3.8, 4) is 0 Å². The molecule has 0 aliphatic carbocycles. The average Bonchev–Trinajstić information content (AvgIpc) is 2.42. The van der Waals surface area contributed by atoms with Crippen LogP contribution in [0.2, 0.25) is 0 Å². The number of nitrogens with zero attached hydrogens (tertiary/aromatic N) is 3. The van der Waals surface area contributed by atoms with E-state index in [0.29, 0.717) is 5.82 Å². The first-order valence-electron chi connectivity index (χ1n) is 6.39. The normalized spacial score (nSPS) is 14.8. The summed E-state index contributed by atoms with van der Waals surface area (Å²) in [5.74, 6) is 0.682. The van der Waals surface area contributed by atoms with Gasteiger partial charge in [-0.1, -0.05) is 13.8 Å². The van der Waals surface area contributed by atoms with Crippen LogP contribution in [0, 0.1) is 0 Å². The van der Waals surface area contributed by atoms with Crippen LogP contribution in [-0.2, 0) is 4.79 Å². The van der Waals surface area contributed by atoms with E-state index in [0.717, 1.165) is 31.9 Å². The number of hydrogen-bond acceptors (Lipinski definition) is 4. The van der Waals surface area contributed by atoms with Gasteiger partial charge in [0.1, 0.15) is 5.82 Å². The highest BCUT2D eigenvalue weighted by molar-refractivity contribution is 5.73. The number of nitrogens with two attached hydrogens (primary N) is 1. The zero-order valence-corrected chi connectivity index (χ0v) is 11.4. The number of pyridine rings is 1. The number of rotatable bonds is 1. The summed E-state index contributed by atoms with van der Waals surface area (Å²) in [7, 11) is 0. The average molecular weight is 252 g/mol. The van der Waals surface area contributed by atoms with Crippen molar-refractivity contribution in [1.29, 1.82) is 0 Å². The molecule has 0 saturated carbocycles. The van der Waals surface area contributed by atoms with Crippen molar-refractivity contribution in [3.63, 3.8) is 0 Å². The second-order valence-electron chi connectivity index (χ2n) is 3.93. The molecule has 2 heterocycles. The first-order valence-corrected chi connectivity index (χ1v) is 6.39. The lowest BCUT2D eigenvalue weighted by atomic mass is 10.2. The molecule has 1 fully saturated rings. The third-order valence-corrected chi connectivity index (χ3v) is 2.86. The van der Waals surface area contributed by atoms with E-state index in [2.05, 4.69) is 9.88 Å². The van der Waals surface area contributed by atoms with Gasteiger partial charge in [0.15, 0.2) is 0 Å². The zero-order chi connectivity index (χ0) is 13.5. The Labute approximate surface area is 110 Å². The highest BCUT2D eigenvalue weighted by Crippen LogP contribution is 2.15. The number of hydrogen-bond donors (Lipinski definition) is 1. The molecule has 2 N–H and O–H groups in total. The van der Waals surface area contributed by atoms with Gasteiger partial charge in [-0.3, -0.25) is 4.79 Å². The number of amides is 1. The van der Waals surface area contributed by atoms with Gasteiger partial charge in [0.2, 0.25) is 5.91 Å². The summed E-state index contributed by atoms with van der Waals surface area (Å²) in [6.07, 6.45) is 1.78. The molecule has 0 atom stereocenters. The Morgan fingerprint density at radius 1 is 1.28 bits per heavy atom. The summed E-state index contributed by atoms with van der Waals surface area (Å²) < 4.78 is 0. The van der Waals surface area contributed by atoms with Crippen LogP contribution in [-0.4, -0.2) is 42.0 Å². The molecular weight excluding hydrogens is 228 g/mol. The second-order valence-corrected chi connectivity index (χ2v) is 3.93. The third kappa shape index (κ3) is 3.61. The van der Waals surface area contributed by atoms with Gasteiger partial charge in [-0.2, -0.15) is 0 Å². The largest absolute Gasteiger partial charge is 0.384 e. The van der Waals surface area contributed by atoms with Gasteiger partial charge < -0.3 is 15.5 Å². The number of carbonyl (C=O) groups is 1. The minimum absolute atomic E-state index is 0. The van der Waals surface area contributed by atoms with Crippen LogP contribution in [0.15, 0.2) is 18.3 Å². The SMILES string of the molecule is CC.CC(=O)N1CCN(c2ccc(N)nc2)CC1.[HH]. The van der Waals surface area contributed by atoms with Crippen LogP contribution >= 0.6 is 0 Å². The zero-order valence-electron chi connectivity index (χ0n) is 11.4. The molecular formula is C13H24N4O. The fourth-order valence-corrected chi connectivity index (χ4v) is 1.86. The number of piperazine rings is 1. The van der Waals surface area contributed by atoms with Gasteiger partial charge in [-0.15, -0.1) is 0 Å². The van der Waals surface area contributed by atoms with Crippen LogP contribution in [0.25, 0.3) is 0 Å². The van der Waals surface area contributed by atoms with Gasteiger partial charge >= 0.3 is 0 Å². The van der Waals surface area contributed by atoms with Crippen molar-refractivity contribution in [2.75, 3.05) is 36.8 Å². The molecule has 1 saturated heterocycles. The van der Waals surface area contributed by atoms with Crippen LogP contribution in [0.1, 0.15) is 22.2 Å². The molecule has 0 bridgehead atoms. The predicted molar refractivity (Wildman–Crippen MR) is 76.6 cm³/mol. The van der Waals surface area contributed by atoms with Crippen LogP contribution in [0.5, 0.6) is 0 Å². The molecule has 0 spiro atoms. The predicted octanol–water partition coefficient (Wildman–Crippen LogP) is 1.60. The number of nitrogen functional groups attached to an aromatic ring is 1. The first-order chi connectivity index (χ1) is 8.66. The Kier molecular flexibility index (Phi) is 5.42. The van der Waals surface area contributed by atoms with E-state index < -0.39 is 0 Å². The minimum atomic E-state index is 0. The van der Waals surface area contributed by atoms with E-state index in [1.165, 1.54) is 0 Å². The molecule has 1 aromatic heterocycles. The fourth-order valence-electron chi connectivity index (χ4n) is 1.86. The van der Waals surface area contributed by atoms with Crippen molar-refractivity contribution < 1.29 is 6.22 Å². The van der Waals surface area contributed by atoms with E-state index in [4.69, 9.17) is 5.73 Å². The maximum atomic E-state index is 11.2. The summed E-state index contributed by atoms with van der Waals surface area (Å²) in [4.78, 5) is 19.3. The van der Waals surface area contributed by atoms with E-state index in [9.17, 15) is 4.79 Å². The number of carbonyl (C=O) groups excluding carboxylic acids is 1. The molecule has 1 aliphatic heterocycles. The smallest absolute Gasteiger partial charge is 0.219 e. The molecule has 0 aromatic carbocycles. The summed E-state index contributed by atoms with van der Waals surface area (Å²) >= 11 is 0. The lowest BCUT2D eigenvalue weighted by Gasteiger charge is -2.35. The van der Waals surface area contributed by atoms with Gasteiger partial charge in [-0.25, -0.2) is 4.98 Å². The molecule has 0 radical (unpaired) electrons. The van der Waals surface area contributed by atoms with Crippen molar-refractivity contribution >= 4 is 17.4 Å². The molecule has 5 heteroatoms. The Hall–Kier alpha value is -1.78. The van der Waals surface area contributed by atoms with Gasteiger partial charge in [0.25, 0.3) is 0 Å².